The Hall–Kier alpha value is -2.11. The Morgan fingerprint density at radius 3 is 2.85 bits per heavy atom. The van der Waals surface area contributed by atoms with Crippen molar-refractivity contribution in [2.45, 2.75) is 39.9 Å². The average Bonchev–Trinajstić information content (AvgIpc) is 3.04. The first-order chi connectivity index (χ1) is 9.60. The first-order valence-corrected chi connectivity index (χ1v) is 6.85. The van der Waals surface area contributed by atoms with Gasteiger partial charge in [0, 0.05) is 39.0 Å². The molecule has 20 heavy (non-hydrogen) atoms. The molecule has 0 saturated heterocycles. The van der Waals surface area contributed by atoms with Gasteiger partial charge in [-0.25, -0.2) is 0 Å². The molecule has 0 saturated carbocycles. The van der Waals surface area contributed by atoms with E-state index in [1.165, 1.54) is 0 Å². The standard InChI is InChI=1S/C14H21N5O/c1-4-19-13(5-8-15-19)11-17(3)14(20)7-10-18-9-6-12(2)16-18/h5-6,8-9H,4,7,10-11H2,1-3H3. The molecular formula is C14H21N5O. The summed E-state index contributed by atoms with van der Waals surface area (Å²) in [5, 5.41) is 8.48. The number of aryl methyl sites for hydroxylation is 3. The molecule has 0 fully saturated rings. The molecule has 2 heterocycles. The summed E-state index contributed by atoms with van der Waals surface area (Å²) in [6.45, 7) is 6.00. The van der Waals surface area contributed by atoms with E-state index in [1.807, 2.05) is 43.9 Å². The van der Waals surface area contributed by atoms with Crippen LogP contribution in [0.25, 0.3) is 0 Å². The van der Waals surface area contributed by atoms with Crippen LogP contribution >= 0.6 is 0 Å². The first-order valence-electron chi connectivity index (χ1n) is 6.85. The highest BCUT2D eigenvalue weighted by Crippen LogP contribution is 2.05. The summed E-state index contributed by atoms with van der Waals surface area (Å²) in [4.78, 5) is 13.8. The molecule has 0 unspecified atom stereocenters. The summed E-state index contributed by atoms with van der Waals surface area (Å²) in [6.07, 6.45) is 4.12. The zero-order valence-corrected chi connectivity index (χ0v) is 12.3. The van der Waals surface area contributed by atoms with E-state index in [4.69, 9.17) is 0 Å². The van der Waals surface area contributed by atoms with Gasteiger partial charge in [0.1, 0.15) is 0 Å². The maximum absolute atomic E-state index is 12.1. The second-order valence-corrected chi connectivity index (χ2v) is 4.86. The maximum atomic E-state index is 12.1. The molecule has 0 N–H and O–H groups in total. The average molecular weight is 275 g/mol. The van der Waals surface area contributed by atoms with Gasteiger partial charge in [-0.2, -0.15) is 10.2 Å². The lowest BCUT2D eigenvalue weighted by atomic mass is 10.3. The van der Waals surface area contributed by atoms with E-state index in [0.717, 1.165) is 17.9 Å². The fraction of sp³-hybridized carbons (Fsp3) is 0.500. The second kappa shape index (κ2) is 6.36. The monoisotopic (exact) mass is 275 g/mol. The zero-order chi connectivity index (χ0) is 14.5. The number of rotatable bonds is 6. The van der Waals surface area contributed by atoms with Gasteiger partial charge in [0.25, 0.3) is 0 Å². The summed E-state index contributed by atoms with van der Waals surface area (Å²) >= 11 is 0. The second-order valence-electron chi connectivity index (χ2n) is 4.86. The Morgan fingerprint density at radius 1 is 1.40 bits per heavy atom. The van der Waals surface area contributed by atoms with Gasteiger partial charge in [-0.05, 0) is 26.0 Å². The van der Waals surface area contributed by atoms with E-state index in [1.54, 1.807) is 15.8 Å². The van der Waals surface area contributed by atoms with E-state index >= 15 is 0 Å². The summed E-state index contributed by atoms with van der Waals surface area (Å²) < 4.78 is 3.71. The quantitative estimate of drug-likeness (QED) is 0.802. The third-order valence-electron chi connectivity index (χ3n) is 3.26. The molecule has 6 nitrogen and oxygen atoms in total. The molecule has 0 aliphatic rings. The van der Waals surface area contributed by atoms with Crippen LogP contribution in [0.15, 0.2) is 24.5 Å². The number of hydrogen-bond donors (Lipinski definition) is 0. The number of hydrogen-bond acceptors (Lipinski definition) is 3. The largest absolute Gasteiger partial charge is 0.340 e. The highest BCUT2D eigenvalue weighted by atomic mass is 16.2. The Balaban J connectivity index is 1.86. The molecule has 0 aliphatic carbocycles. The molecule has 0 aromatic carbocycles. The Kier molecular flexibility index (Phi) is 4.55. The third-order valence-corrected chi connectivity index (χ3v) is 3.26. The third kappa shape index (κ3) is 3.46. The minimum atomic E-state index is 0.113. The van der Waals surface area contributed by atoms with E-state index in [0.29, 0.717) is 19.5 Å². The Morgan fingerprint density at radius 2 is 2.20 bits per heavy atom. The van der Waals surface area contributed by atoms with Crippen LogP contribution in [-0.2, 0) is 24.4 Å². The highest BCUT2D eigenvalue weighted by molar-refractivity contribution is 5.75. The number of amides is 1. The van der Waals surface area contributed by atoms with Gasteiger partial charge >= 0.3 is 0 Å². The van der Waals surface area contributed by atoms with Crippen molar-refractivity contribution in [3.05, 3.63) is 35.9 Å². The normalized spacial score (nSPS) is 10.8. The van der Waals surface area contributed by atoms with Gasteiger partial charge in [0.2, 0.25) is 5.91 Å². The van der Waals surface area contributed by atoms with Crippen LogP contribution in [0.5, 0.6) is 0 Å². The van der Waals surface area contributed by atoms with Crippen LogP contribution in [-0.4, -0.2) is 37.4 Å². The molecule has 108 valence electrons. The Labute approximate surface area is 119 Å². The van der Waals surface area contributed by atoms with Crippen molar-refractivity contribution in [3.8, 4) is 0 Å². The van der Waals surface area contributed by atoms with Crippen molar-refractivity contribution in [2.75, 3.05) is 7.05 Å². The van der Waals surface area contributed by atoms with E-state index in [9.17, 15) is 4.79 Å². The number of carbonyl (C=O) groups excluding carboxylic acids is 1. The number of carbonyl (C=O) groups is 1. The van der Waals surface area contributed by atoms with Gasteiger partial charge in [0.05, 0.1) is 17.9 Å². The van der Waals surface area contributed by atoms with Crippen LogP contribution < -0.4 is 0 Å². The lowest BCUT2D eigenvalue weighted by Crippen LogP contribution is -2.28. The lowest BCUT2D eigenvalue weighted by Gasteiger charge is -2.17. The van der Waals surface area contributed by atoms with Crippen LogP contribution in [0, 0.1) is 6.92 Å². The molecule has 0 radical (unpaired) electrons. The van der Waals surface area contributed by atoms with E-state index < -0.39 is 0 Å². The van der Waals surface area contributed by atoms with Crippen molar-refractivity contribution in [1.29, 1.82) is 0 Å². The molecule has 2 aromatic rings. The highest BCUT2D eigenvalue weighted by Gasteiger charge is 2.11. The molecule has 6 heteroatoms. The minimum Gasteiger partial charge on any atom is -0.340 e. The smallest absolute Gasteiger partial charge is 0.224 e. The molecular weight excluding hydrogens is 254 g/mol. The molecule has 0 aliphatic heterocycles. The predicted octanol–water partition coefficient (Wildman–Crippen LogP) is 1.46. The molecule has 1 amide bonds. The fourth-order valence-electron chi connectivity index (χ4n) is 2.10. The van der Waals surface area contributed by atoms with Crippen molar-refractivity contribution in [1.82, 2.24) is 24.5 Å². The molecule has 0 atom stereocenters. The van der Waals surface area contributed by atoms with Crippen LogP contribution in [0.4, 0.5) is 0 Å². The summed E-state index contributed by atoms with van der Waals surface area (Å²) in [5.74, 6) is 0.113. The van der Waals surface area contributed by atoms with E-state index in [2.05, 4.69) is 10.2 Å². The fourth-order valence-corrected chi connectivity index (χ4v) is 2.10. The van der Waals surface area contributed by atoms with Crippen LogP contribution in [0.2, 0.25) is 0 Å². The van der Waals surface area contributed by atoms with Crippen molar-refractivity contribution >= 4 is 5.91 Å². The molecule has 2 aromatic heterocycles. The molecule has 2 rings (SSSR count). The first kappa shape index (κ1) is 14.3. The van der Waals surface area contributed by atoms with Crippen molar-refractivity contribution < 1.29 is 4.79 Å². The molecule has 0 spiro atoms. The number of nitrogens with zero attached hydrogens (tertiary/aromatic N) is 5. The summed E-state index contributed by atoms with van der Waals surface area (Å²) in [5.41, 5.74) is 2.02. The van der Waals surface area contributed by atoms with Crippen molar-refractivity contribution in [3.63, 3.8) is 0 Å². The minimum absolute atomic E-state index is 0.113. The van der Waals surface area contributed by atoms with E-state index in [-0.39, 0.29) is 5.91 Å². The van der Waals surface area contributed by atoms with Gasteiger partial charge < -0.3 is 4.90 Å². The topological polar surface area (TPSA) is 56.0 Å². The van der Waals surface area contributed by atoms with Crippen LogP contribution in [0.3, 0.4) is 0 Å². The van der Waals surface area contributed by atoms with Crippen LogP contribution in [0.1, 0.15) is 24.7 Å². The summed E-state index contributed by atoms with van der Waals surface area (Å²) in [7, 11) is 1.82. The predicted molar refractivity (Wildman–Crippen MR) is 76.0 cm³/mol. The van der Waals surface area contributed by atoms with Gasteiger partial charge in [-0.1, -0.05) is 0 Å². The van der Waals surface area contributed by atoms with Crippen molar-refractivity contribution in [2.24, 2.45) is 0 Å². The van der Waals surface area contributed by atoms with Gasteiger partial charge in [-0.15, -0.1) is 0 Å². The summed E-state index contributed by atoms with van der Waals surface area (Å²) in [6, 6.07) is 3.89. The lowest BCUT2D eigenvalue weighted by molar-refractivity contribution is -0.130. The van der Waals surface area contributed by atoms with Gasteiger partial charge in [0.15, 0.2) is 0 Å². The maximum Gasteiger partial charge on any atom is 0.224 e. The molecule has 0 bridgehead atoms. The zero-order valence-electron chi connectivity index (χ0n) is 12.3. The number of aromatic nitrogens is 4. The SMILES string of the molecule is CCn1nccc1CN(C)C(=O)CCn1ccc(C)n1. The Bertz CT molecular complexity index is 572. The van der Waals surface area contributed by atoms with Gasteiger partial charge in [-0.3, -0.25) is 14.2 Å².